The quantitative estimate of drug-likeness (QED) is 0.267. The lowest BCUT2D eigenvalue weighted by atomic mass is 10.0. The molecular formula is C24H16Cl4N2OS. The van der Waals surface area contributed by atoms with Crippen molar-refractivity contribution in [2.24, 2.45) is 0 Å². The number of halogens is 4. The lowest BCUT2D eigenvalue weighted by Gasteiger charge is -2.16. The summed E-state index contributed by atoms with van der Waals surface area (Å²) in [5.74, 6) is 0. The summed E-state index contributed by atoms with van der Waals surface area (Å²) in [5, 5.41) is 1.90. The van der Waals surface area contributed by atoms with Gasteiger partial charge in [-0.05, 0) is 72.8 Å². The third-order valence-corrected chi connectivity index (χ3v) is 7.48. The highest BCUT2D eigenvalue weighted by Gasteiger charge is 2.21. The van der Waals surface area contributed by atoms with Crippen molar-refractivity contribution < 1.29 is 4.21 Å². The minimum Gasteiger partial charge on any atom is -0.399 e. The van der Waals surface area contributed by atoms with E-state index in [-0.39, 0.29) is 0 Å². The van der Waals surface area contributed by atoms with Crippen LogP contribution in [-0.4, -0.2) is 4.21 Å². The van der Waals surface area contributed by atoms with Gasteiger partial charge in [-0.25, -0.2) is 4.21 Å². The van der Waals surface area contributed by atoms with E-state index in [2.05, 4.69) is 0 Å². The van der Waals surface area contributed by atoms with Gasteiger partial charge in [-0.3, -0.25) is 0 Å². The van der Waals surface area contributed by atoms with Crippen LogP contribution < -0.4 is 11.5 Å². The van der Waals surface area contributed by atoms with Crippen molar-refractivity contribution in [3.63, 3.8) is 0 Å². The van der Waals surface area contributed by atoms with Gasteiger partial charge >= 0.3 is 0 Å². The molecule has 0 aliphatic rings. The molecule has 0 bridgehead atoms. The molecule has 3 nitrogen and oxygen atoms in total. The fourth-order valence-electron chi connectivity index (χ4n) is 3.37. The van der Waals surface area contributed by atoms with Gasteiger partial charge in [0.2, 0.25) is 0 Å². The van der Waals surface area contributed by atoms with Crippen LogP contribution in [0.25, 0.3) is 22.3 Å². The Labute approximate surface area is 208 Å². The summed E-state index contributed by atoms with van der Waals surface area (Å²) in [6.45, 7) is 0. The second kappa shape index (κ2) is 9.34. The molecule has 4 aromatic rings. The molecule has 0 fully saturated rings. The van der Waals surface area contributed by atoms with E-state index in [0.717, 1.165) is 0 Å². The van der Waals surface area contributed by atoms with Crippen molar-refractivity contribution in [1.29, 1.82) is 0 Å². The average Bonchev–Trinajstić information content (AvgIpc) is 2.76. The van der Waals surface area contributed by atoms with Crippen molar-refractivity contribution in [2.75, 3.05) is 11.5 Å². The van der Waals surface area contributed by atoms with Gasteiger partial charge in [-0.15, -0.1) is 0 Å². The second-order valence-corrected chi connectivity index (χ2v) is 10.1. The number of hydrogen-bond acceptors (Lipinski definition) is 3. The maximum atomic E-state index is 13.9. The van der Waals surface area contributed by atoms with E-state index in [0.29, 0.717) is 63.5 Å². The topological polar surface area (TPSA) is 69.1 Å². The molecule has 0 saturated heterocycles. The molecule has 0 aliphatic heterocycles. The Morgan fingerprint density at radius 2 is 0.938 bits per heavy atom. The Hall–Kier alpha value is -2.21. The highest BCUT2D eigenvalue weighted by atomic mass is 35.5. The van der Waals surface area contributed by atoms with Gasteiger partial charge in [0.1, 0.15) is 0 Å². The van der Waals surface area contributed by atoms with Gasteiger partial charge in [0.05, 0.1) is 20.6 Å². The lowest BCUT2D eigenvalue weighted by Crippen LogP contribution is -2.00. The SMILES string of the molecule is Nc1ccc(Cl)c(-c2cc(Cl)ccc2S(=O)c2ccc(Cl)cc2-c2cc(N)ccc2Cl)c1. The highest BCUT2D eigenvalue weighted by Crippen LogP contribution is 2.40. The lowest BCUT2D eigenvalue weighted by molar-refractivity contribution is 0.683. The molecule has 0 amide bonds. The van der Waals surface area contributed by atoms with Gasteiger partial charge in [-0.1, -0.05) is 46.4 Å². The molecule has 0 aliphatic carbocycles. The Morgan fingerprint density at radius 3 is 1.34 bits per heavy atom. The number of hydrogen-bond donors (Lipinski definition) is 2. The van der Waals surface area contributed by atoms with E-state index in [1.165, 1.54) is 0 Å². The van der Waals surface area contributed by atoms with Crippen LogP contribution in [0, 0.1) is 0 Å². The average molecular weight is 522 g/mol. The molecular weight excluding hydrogens is 506 g/mol. The van der Waals surface area contributed by atoms with Crippen molar-refractivity contribution in [1.82, 2.24) is 0 Å². The summed E-state index contributed by atoms with van der Waals surface area (Å²) >= 11 is 25.4. The van der Waals surface area contributed by atoms with Crippen LogP contribution in [0.1, 0.15) is 0 Å². The van der Waals surface area contributed by atoms with Crippen molar-refractivity contribution in [3.8, 4) is 22.3 Å². The van der Waals surface area contributed by atoms with Crippen LogP contribution in [0.2, 0.25) is 20.1 Å². The standard InChI is InChI=1S/C24H16Cl4N2OS/c25-13-1-7-23(19(9-13)17-11-15(29)3-5-21(17)27)32(31)24-8-2-14(26)10-20(24)18-12-16(30)4-6-22(18)28/h1-12H,29-30H2. The third kappa shape index (κ3) is 4.61. The Kier molecular flexibility index (Phi) is 6.70. The first kappa shape index (κ1) is 23.0. The van der Waals surface area contributed by atoms with E-state index >= 15 is 0 Å². The van der Waals surface area contributed by atoms with Gasteiger partial charge in [0, 0.05) is 53.7 Å². The summed E-state index contributed by atoms with van der Waals surface area (Å²) in [6, 6.07) is 20.5. The molecule has 0 spiro atoms. The largest absolute Gasteiger partial charge is 0.399 e. The number of nitrogens with two attached hydrogens (primary N) is 2. The predicted molar refractivity (Wildman–Crippen MR) is 137 cm³/mol. The summed E-state index contributed by atoms with van der Waals surface area (Å²) in [6.07, 6.45) is 0. The molecule has 32 heavy (non-hydrogen) atoms. The molecule has 0 aromatic heterocycles. The van der Waals surface area contributed by atoms with Crippen LogP contribution in [0.3, 0.4) is 0 Å². The fourth-order valence-corrected chi connectivity index (χ4v) is 5.51. The first-order valence-electron chi connectivity index (χ1n) is 9.36. The molecule has 162 valence electrons. The van der Waals surface area contributed by atoms with E-state index in [1.54, 1.807) is 72.8 Å². The van der Waals surface area contributed by atoms with E-state index in [9.17, 15) is 4.21 Å². The first-order valence-corrected chi connectivity index (χ1v) is 12.0. The maximum absolute atomic E-state index is 13.9. The molecule has 0 heterocycles. The Balaban J connectivity index is 1.94. The van der Waals surface area contributed by atoms with Gasteiger partial charge in [-0.2, -0.15) is 0 Å². The molecule has 4 rings (SSSR count). The zero-order valence-electron chi connectivity index (χ0n) is 16.4. The molecule has 4 N–H and O–H groups in total. The predicted octanol–water partition coefficient (Wildman–Crippen LogP) is 7.97. The number of benzene rings is 4. The second-order valence-electron chi connectivity index (χ2n) is 7.03. The Morgan fingerprint density at radius 1 is 0.531 bits per heavy atom. The minimum atomic E-state index is -1.63. The zero-order valence-corrected chi connectivity index (χ0v) is 20.3. The van der Waals surface area contributed by atoms with Crippen molar-refractivity contribution in [3.05, 3.63) is 92.9 Å². The van der Waals surface area contributed by atoms with Gasteiger partial charge < -0.3 is 11.5 Å². The molecule has 4 aromatic carbocycles. The van der Waals surface area contributed by atoms with Crippen molar-refractivity contribution >= 4 is 68.6 Å². The molecule has 0 unspecified atom stereocenters. The maximum Gasteiger partial charge on any atom is 0.0862 e. The molecule has 0 saturated carbocycles. The van der Waals surface area contributed by atoms with Crippen LogP contribution in [-0.2, 0) is 10.8 Å². The summed E-state index contributed by atoms with van der Waals surface area (Å²) < 4.78 is 13.9. The van der Waals surface area contributed by atoms with Crippen LogP contribution in [0.5, 0.6) is 0 Å². The highest BCUT2D eigenvalue weighted by molar-refractivity contribution is 7.85. The summed E-state index contributed by atoms with van der Waals surface area (Å²) in [5.41, 5.74) is 15.5. The van der Waals surface area contributed by atoms with Crippen molar-refractivity contribution in [2.45, 2.75) is 9.79 Å². The van der Waals surface area contributed by atoms with Crippen LogP contribution in [0.4, 0.5) is 11.4 Å². The summed E-state index contributed by atoms with van der Waals surface area (Å²) in [4.78, 5) is 1.04. The third-order valence-electron chi connectivity index (χ3n) is 4.84. The number of anilines is 2. The number of rotatable bonds is 4. The van der Waals surface area contributed by atoms with Crippen LogP contribution in [0.15, 0.2) is 82.6 Å². The minimum absolute atomic E-state index is 0.468. The fraction of sp³-hybridized carbons (Fsp3) is 0. The van der Waals surface area contributed by atoms with E-state index in [1.807, 2.05) is 0 Å². The molecule has 0 atom stereocenters. The first-order chi connectivity index (χ1) is 15.2. The smallest absolute Gasteiger partial charge is 0.0862 e. The summed E-state index contributed by atoms with van der Waals surface area (Å²) in [7, 11) is -1.63. The molecule has 8 heteroatoms. The normalized spacial score (nSPS) is 11.2. The van der Waals surface area contributed by atoms with E-state index < -0.39 is 10.8 Å². The van der Waals surface area contributed by atoms with Gasteiger partial charge in [0.15, 0.2) is 0 Å². The molecule has 0 radical (unpaired) electrons. The van der Waals surface area contributed by atoms with Gasteiger partial charge in [0.25, 0.3) is 0 Å². The zero-order chi connectivity index (χ0) is 23.0. The van der Waals surface area contributed by atoms with E-state index in [4.69, 9.17) is 57.9 Å². The Bertz CT molecular complexity index is 1270. The van der Waals surface area contributed by atoms with Crippen LogP contribution >= 0.6 is 46.4 Å². The number of nitrogen functional groups attached to an aromatic ring is 2. The monoisotopic (exact) mass is 520 g/mol.